The van der Waals surface area contributed by atoms with Gasteiger partial charge in [-0.1, -0.05) is 18.5 Å². The van der Waals surface area contributed by atoms with E-state index in [9.17, 15) is 18.3 Å². The van der Waals surface area contributed by atoms with E-state index in [1.54, 1.807) is 24.6 Å². The standard InChI is InChI=1S/C19H25ClF3N3O2.CO2/c1-6-14-16(20)17(26(25-14)10-18(3,4)27)13-8-7-12(9-15(13)28-5)24-11(2)19(21,22)23;2-1-3/h7-9,11,24,27H,6,10H2,1-5H3;/t11-;/m1./s1. The molecule has 1 atom stereocenters. The van der Waals surface area contributed by atoms with Gasteiger partial charge in [0, 0.05) is 17.3 Å². The van der Waals surface area contributed by atoms with Crippen LogP contribution in [-0.2, 0) is 22.6 Å². The predicted octanol–water partition coefficient (Wildman–Crippen LogP) is 4.32. The van der Waals surface area contributed by atoms with Gasteiger partial charge in [-0.15, -0.1) is 0 Å². The summed E-state index contributed by atoms with van der Waals surface area (Å²) < 4.78 is 45.5. The molecule has 2 rings (SSSR count). The van der Waals surface area contributed by atoms with Crippen molar-refractivity contribution in [2.75, 3.05) is 12.4 Å². The molecule has 1 heterocycles. The number of hydrogen-bond donors (Lipinski definition) is 2. The van der Waals surface area contributed by atoms with Gasteiger partial charge < -0.3 is 15.2 Å². The third kappa shape index (κ3) is 7.27. The Morgan fingerprint density at radius 2 is 1.90 bits per heavy atom. The van der Waals surface area contributed by atoms with Crippen molar-refractivity contribution in [1.29, 1.82) is 0 Å². The lowest BCUT2D eigenvalue weighted by Crippen LogP contribution is -2.33. The summed E-state index contributed by atoms with van der Waals surface area (Å²) in [5, 5.41) is 17.5. The van der Waals surface area contributed by atoms with Gasteiger partial charge in [-0.05, 0) is 39.3 Å². The van der Waals surface area contributed by atoms with Gasteiger partial charge in [0.2, 0.25) is 0 Å². The Labute approximate surface area is 183 Å². The van der Waals surface area contributed by atoms with Crippen LogP contribution in [0.25, 0.3) is 11.3 Å². The fourth-order valence-corrected chi connectivity index (χ4v) is 3.13. The first-order valence-corrected chi connectivity index (χ1v) is 9.65. The summed E-state index contributed by atoms with van der Waals surface area (Å²) in [5.41, 5.74) is 1.02. The molecule has 0 aliphatic carbocycles. The highest BCUT2D eigenvalue weighted by Gasteiger charge is 2.36. The van der Waals surface area contributed by atoms with Gasteiger partial charge in [0.15, 0.2) is 0 Å². The molecule has 172 valence electrons. The molecule has 0 aliphatic rings. The number of anilines is 1. The SMILES string of the molecule is CCc1nn(CC(C)(C)O)c(-c2ccc(N[C@H](C)C(F)(F)F)cc2OC)c1Cl.O=C=O. The number of methoxy groups -OCH3 is 1. The molecule has 1 aromatic carbocycles. The first-order valence-electron chi connectivity index (χ1n) is 9.27. The van der Waals surface area contributed by atoms with Crippen molar-refractivity contribution < 1.29 is 32.6 Å². The number of alkyl halides is 3. The minimum atomic E-state index is -4.36. The topological polar surface area (TPSA) is 93.4 Å². The van der Waals surface area contributed by atoms with Crippen molar-refractivity contribution in [3.8, 4) is 17.0 Å². The summed E-state index contributed by atoms with van der Waals surface area (Å²) in [6.07, 6.45) is -3.52. The van der Waals surface area contributed by atoms with Gasteiger partial charge in [0.05, 0.1) is 35.7 Å². The second-order valence-corrected chi connectivity index (χ2v) is 7.72. The Balaban J connectivity index is 0.00000151. The van der Waals surface area contributed by atoms with Crippen molar-refractivity contribution in [2.45, 2.75) is 58.5 Å². The summed E-state index contributed by atoms with van der Waals surface area (Å²) >= 11 is 6.52. The van der Waals surface area contributed by atoms with Crippen LogP contribution in [0.5, 0.6) is 5.75 Å². The van der Waals surface area contributed by atoms with E-state index in [0.29, 0.717) is 34.1 Å². The second-order valence-electron chi connectivity index (χ2n) is 7.34. The highest BCUT2D eigenvalue weighted by atomic mass is 35.5. The average molecular weight is 464 g/mol. The van der Waals surface area contributed by atoms with Crippen molar-refractivity contribution in [1.82, 2.24) is 9.78 Å². The molecule has 0 bridgehead atoms. The van der Waals surface area contributed by atoms with E-state index < -0.39 is 17.8 Å². The van der Waals surface area contributed by atoms with Crippen LogP contribution in [0.2, 0.25) is 5.02 Å². The summed E-state index contributed by atoms with van der Waals surface area (Å²) in [5.74, 6) is 0.348. The number of ether oxygens (including phenoxy) is 1. The second kappa shape index (κ2) is 10.7. The van der Waals surface area contributed by atoms with Crippen LogP contribution >= 0.6 is 11.6 Å². The van der Waals surface area contributed by atoms with E-state index in [2.05, 4.69) is 10.4 Å². The fraction of sp³-hybridized carbons (Fsp3) is 0.500. The van der Waals surface area contributed by atoms with Crippen LogP contribution in [0.3, 0.4) is 0 Å². The number of nitrogens with zero attached hydrogens (tertiary/aromatic N) is 2. The number of carbonyl (C=O) groups excluding carboxylic acids is 2. The Morgan fingerprint density at radius 1 is 1.32 bits per heavy atom. The van der Waals surface area contributed by atoms with Gasteiger partial charge in [0.25, 0.3) is 0 Å². The number of aromatic nitrogens is 2. The lowest BCUT2D eigenvalue weighted by molar-refractivity contribution is -0.191. The normalized spacial score (nSPS) is 12.5. The zero-order valence-corrected chi connectivity index (χ0v) is 18.6. The van der Waals surface area contributed by atoms with Crippen LogP contribution < -0.4 is 10.1 Å². The minimum absolute atomic E-state index is 0.191. The molecule has 0 fully saturated rings. The molecule has 1 aromatic heterocycles. The van der Waals surface area contributed by atoms with Crippen LogP contribution in [-0.4, -0.2) is 46.0 Å². The fourth-order valence-electron chi connectivity index (χ4n) is 2.76. The molecule has 0 radical (unpaired) electrons. The van der Waals surface area contributed by atoms with Gasteiger partial charge in [-0.2, -0.15) is 27.9 Å². The molecule has 2 aromatic rings. The Hall–Kier alpha value is -2.55. The van der Waals surface area contributed by atoms with Gasteiger partial charge in [-0.3, -0.25) is 4.68 Å². The predicted molar refractivity (Wildman–Crippen MR) is 109 cm³/mol. The molecule has 0 saturated carbocycles. The smallest absolute Gasteiger partial charge is 0.408 e. The lowest BCUT2D eigenvalue weighted by atomic mass is 10.1. The molecule has 0 unspecified atom stereocenters. The number of hydrogen-bond acceptors (Lipinski definition) is 6. The van der Waals surface area contributed by atoms with Crippen molar-refractivity contribution in [2.24, 2.45) is 0 Å². The summed E-state index contributed by atoms with van der Waals surface area (Å²) in [6.45, 7) is 6.45. The van der Waals surface area contributed by atoms with Crippen LogP contribution in [0.4, 0.5) is 18.9 Å². The van der Waals surface area contributed by atoms with Crippen molar-refractivity contribution in [3.05, 3.63) is 28.9 Å². The van der Waals surface area contributed by atoms with Crippen LogP contribution in [0.1, 0.15) is 33.4 Å². The lowest BCUT2D eigenvalue weighted by Gasteiger charge is -2.21. The molecule has 11 heteroatoms. The zero-order chi connectivity index (χ0) is 24.0. The van der Waals surface area contributed by atoms with E-state index in [0.717, 1.165) is 6.92 Å². The minimum Gasteiger partial charge on any atom is -0.496 e. The maximum absolute atomic E-state index is 12.8. The van der Waals surface area contributed by atoms with E-state index in [1.165, 1.54) is 19.2 Å². The highest BCUT2D eigenvalue weighted by molar-refractivity contribution is 6.33. The van der Waals surface area contributed by atoms with E-state index in [-0.39, 0.29) is 18.4 Å². The highest BCUT2D eigenvalue weighted by Crippen LogP contribution is 2.39. The number of benzene rings is 1. The molecule has 0 saturated heterocycles. The number of rotatable bonds is 7. The van der Waals surface area contributed by atoms with E-state index in [1.807, 2.05) is 6.92 Å². The van der Waals surface area contributed by atoms with Crippen molar-refractivity contribution >= 4 is 23.4 Å². The Kier molecular flexibility index (Phi) is 9.10. The maximum Gasteiger partial charge on any atom is 0.408 e. The molecule has 0 amide bonds. The number of aryl methyl sites for hydroxylation is 1. The first-order chi connectivity index (χ1) is 14.3. The molecule has 0 spiro atoms. The summed E-state index contributed by atoms with van der Waals surface area (Å²) in [4.78, 5) is 16.2. The quantitative estimate of drug-likeness (QED) is 0.635. The summed E-state index contributed by atoms with van der Waals surface area (Å²) in [6, 6.07) is 2.94. The number of aliphatic hydroxyl groups is 1. The average Bonchev–Trinajstić information content (AvgIpc) is 2.95. The monoisotopic (exact) mass is 463 g/mol. The Morgan fingerprint density at radius 3 is 2.35 bits per heavy atom. The number of halogens is 4. The van der Waals surface area contributed by atoms with Crippen molar-refractivity contribution in [3.63, 3.8) is 0 Å². The third-order valence-electron chi connectivity index (χ3n) is 4.16. The van der Waals surface area contributed by atoms with E-state index in [4.69, 9.17) is 25.9 Å². The first kappa shape index (κ1) is 26.5. The van der Waals surface area contributed by atoms with Gasteiger partial charge in [0.1, 0.15) is 11.8 Å². The largest absolute Gasteiger partial charge is 0.496 e. The Bertz CT molecular complexity index is 918. The zero-order valence-electron chi connectivity index (χ0n) is 17.8. The molecular formula is C20H25ClF3N3O4. The molecule has 7 nitrogen and oxygen atoms in total. The molecule has 31 heavy (non-hydrogen) atoms. The van der Waals surface area contributed by atoms with E-state index >= 15 is 0 Å². The van der Waals surface area contributed by atoms with Crippen LogP contribution in [0, 0.1) is 0 Å². The number of nitrogens with one attached hydrogen (secondary N) is 1. The van der Waals surface area contributed by atoms with Crippen LogP contribution in [0.15, 0.2) is 18.2 Å². The van der Waals surface area contributed by atoms with Gasteiger partial charge >= 0.3 is 12.3 Å². The summed E-state index contributed by atoms with van der Waals surface area (Å²) in [7, 11) is 1.43. The molecule has 2 N–H and O–H groups in total. The van der Waals surface area contributed by atoms with Gasteiger partial charge in [-0.25, -0.2) is 0 Å². The third-order valence-corrected chi connectivity index (χ3v) is 4.56. The molecular weight excluding hydrogens is 439 g/mol. The maximum atomic E-state index is 12.8. The molecule has 0 aliphatic heterocycles.